The van der Waals surface area contributed by atoms with Crippen molar-refractivity contribution in [2.24, 2.45) is 0 Å². The molecule has 2 amide bonds. The summed E-state index contributed by atoms with van der Waals surface area (Å²) in [7, 11) is 0. The quantitative estimate of drug-likeness (QED) is 0.627. The Kier molecular flexibility index (Phi) is 6.23. The van der Waals surface area contributed by atoms with Crippen LogP contribution in [-0.2, 0) is 4.79 Å². The predicted molar refractivity (Wildman–Crippen MR) is 120 cm³/mol. The number of benzene rings is 3. The Labute approximate surface area is 177 Å². The maximum Gasteiger partial charge on any atom is 0.254 e. The zero-order valence-electron chi connectivity index (χ0n) is 17.0. The first kappa shape index (κ1) is 19.9. The summed E-state index contributed by atoms with van der Waals surface area (Å²) in [6.07, 6.45) is 3.17. The summed E-state index contributed by atoms with van der Waals surface area (Å²) in [5.41, 5.74) is 3.43. The van der Waals surface area contributed by atoms with Gasteiger partial charge in [0, 0.05) is 30.3 Å². The van der Waals surface area contributed by atoms with Gasteiger partial charge >= 0.3 is 0 Å². The molecular formula is C26H26N2O2. The summed E-state index contributed by atoms with van der Waals surface area (Å²) >= 11 is 0. The van der Waals surface area contributed by atoms with E-state index in [1.54, 1.807) is 0 Å². The third-order valence-corrected chi connectivity index (χ3v) is 5.61. The van der Waals surface area contributed by atoms with Gasteiger partial charge in [-0.2, -0.15) is 0 Å². The molecular weight excluding hydrogens is 372 g/mol. The number of likely N-dealkylation sites (tertiary alicyclic amines) is 1. The van der Waals surface area contributed by atoms with E-state index in [0.717, 1.165) is 36.1 Å². The molecule has 3 aromatic carbocycles. The van der Waals surface area contributed by atoms with Gasteiger partial charge in [0.05, 0.1) is 0 Å². The second-order valence-corrected chi connectivity index (χ2v) is 7.68. The molecule has 4 nitrogen and oxygen atoms in total. The van der Waals surface area contributed by atoms with Crippen LogP contribution in [0.15, 0.2) is 84.9 Å². The highest BCUT2D eigenvalue weighted by Gasteiger charge is 2.30. The molecule has 0 aliphatic carbocycles. The fourth-order valence-electron chi connectivity index (χ4n) is 4.12. The fraction of sp³-hybridized carbons (Fsp3) is 0.231. The molecule has 4 heteroatoms. The van der Waals surface area contributed by atoms with Crippen LogP contribution in [0.3, 0.4) is 0 Å². The Bertz CT molecular complexity index is 1000. The smallest absolute Gasteiger partial charge is 0.254 e. The van der Waals surface area contributed by atoms with Crippen LogP contribution in [0.25, 0.3) is 11.1 Å². The number of hydrogen-bond acceptors (Lipinski definition) is 2. The lowest BCUT2D eigenvalue weighted by atomic mass is 9.95. The van der Waals surface area contributed by atoms with Gasteiger partial charge < -0.3 is 10.2 Å². The number of carbonyl (C=O) groups excluding carboxylic acids is 2. The van der Waals surface area contributed by atoms with E-state index >= 15 is 0 Å². The summed E-state index contributed by atoms with van der Waals surface area (Å²) in [5, 5.41) is 2.95. The van der Waals surface area contributed by atoms with Crippen molar-refractivity contribution in [2.45, 2.75) is 31.7 Å². The maximum absolute atomic E-state index is 13.5. The van der Waals surface area contributed by atoms with E-state index in [-0.39, 0.29) is 17.9 Å². The van der Waals surface area contributed by atoms with Crippen molar-refractivity contribution in [3.05, 3.63) is 90.5 Å². The fourth-order valence-corrected chi connectivity index (χ4v) is 4.12. The highest BCUT2D eigenvalue weighted by atomic mass is 16.2. The summed E-state index contributed by atoms with van der Waals surface area (Å²) in [4.78, 5) is 28.1. The van der Waals surface area contributed by atoms with Gasteiger partial charge in [0.15, 0.2) is 0 Å². The summed E-state index contributed by atoms with van der Waals surface area (Å²) in [6, 6.07) is 27.1. The number of hydrogen-bond donors (Lipinski definition) is 1. The van der Waals surface area contributed by atoms with Crippen LogP contribution in [0.2, 0.25) is 0 Å². The minimum absolute atomic E-state index is 0.00617. The minimum atomic E-state index is -0.0845. The van der Waals surface area contributed by atoms with Crippen molar-refractivity contribution in [3.8, 4) is 11.1 Å². The summed E-state index contributed by atoms with van der Waals surface area (Å²) in [6.45, 7) is 0.686. The average Bonchev–Trinajstić information content (AvgIpc) is 2.80. The molecule has 0 spiro atoms. The standard InChI is InChI=1S/C26H26N2O2/c29-25(27-21-13-5-2-6-14-21)19-22-15-9-10-18-28(22)26(30)24-17-8-7-16-23(24)20-11-3-1-4-12-20/h1-8,11-14,16-17,22H,9-10,15,18-19H2,(H,27,29)/t22-/m0/s1. The molecule has 1 saturated heterocycles. The largest absolute Gasteiger partial charge is 0.335 e. The third kappa shape index (κ3) is 4.60. The lowest BCUT2D eigenvalue weighted by Crippen LogP contribution is -2.45. The van der Waals surface area contributed by atoms with Gasteiger partial charge in [0.25, 0.3) is 5.91 Å². The highest BCUT2D eigenvalue weighted by molar-refractivity contribution is 6.01. The van der Waals surface area contributed by atoms with Crippen LogP contribution in [-0.4, -0.2) is 29.3 Å². The number of nitrogens with zero attached hydrogens (tertiary/aromatic N) is 1. The SMILES string of the molecule is O=C(C[C@@H]1CCCCN1C(=O)c1ccccc1-c1ccccc1)Nc1ccccc1. The Morgan fingerprint density at radius 1 is 0.833 bits per heavy atom. The molecule has 1 N–H and O–H groups in total. The first-order valence-electron chi connectivity index (χ1n) is 10.5. The lowest BCUT2D eigenvalue weighted by molar-refractivity contribution is -0.117. The number of carbonyl (C=O) groups is 2. The van der Waals surface area contributed by atoms with Gasteiger partial charge in [0.2, 0.25) is 5.91 Å². The lowest BCUT2D eigenvalue weighted by Gasteiger charge is -2.36. The van der Waals surface area contributed by atoms with Gasteiger partial charge in [-0.05, 0) is 48.6 Å². The van der Waals surface area contributed by atoms with Crippen molar-refractivity contribution >= 4 is 17.5 Å². The number of anilines is 1. The van der Waals surface area contributed by atoms with E-state index in [4.69, 9.17) is 0 Å². The van der Waals surface area contributed by atoms with Gasteiger partial charge in [-0.1, -0.05) is 66.7 Å². The zero-order chi connectivity index (χ0) is 20.8. The Hall–Kier alpha value is -3.40. The van der Waals surface area contributed by atoms with Gasteiger partial charge in [-0.15, -0.1) is 0 Å². The Morgan fingerprint density at radius 3 is 2.27 bits per heavy atom. The molecule has 1 aliphatic rings. The number of para-hydroxylation sites is 1. The van der Waals surface area contributed by atoms with Crippen molar-refractivity contribution < 1.29 is 9.59 Å². The van der Waals surface area contributed by atoms with Gasteiger partial charge in [-0.25, -0.2) is 0 Å². The van der Waals surface area contributed by atoms with E-state index in [1.807, 2.05) is 89.8 Å². The van der Waals surface area contributed by atoms with Gasteiger partial charge in [-0.3, -0.25) is 9.59 Å². The molecule has 4 rings (SSSR count). The normalized spacial score (nSPS) is 16.1. The molecule has 30 heavy (non-hydrogen) atoms. The summed E-state index contributed by atoms with van der Waals surface area (Å²) in [5.74, 6) is -0.0473. The molecule has 0 aromatic heterocycles. The maximum atomic E-state index is 13.5. The summed E-state index contributed by atoms with van der Waals surface area (Å²) < 4.78 is 0. The molecule has 1 aliphatic heterocycles. The molecule has 1 heterocycles. The van der Waals surface area contributed by atoms with E-state index in [1.165, 1.54) is 0 Å². The van der Waals surface area contributed by atoms with Crippen LogP contribution in [0.1, 0.15) is 36.0 Å². The second-order valence-electron chi connectivity index (χ2n) is 7.68. The van der Waals surface area contributed by atoms with E-state index in [9.17, 15) is 9.59 Å². The van der Waals surface area contributed by atoms with Crippen molar-refractivity contribution in [2.75, 3.05) is 11.9 Å². The molecule has 1 fully saturated rings. The van der Waals surface area contributed by atoms with Crippen molar-refractivity contribution in [3.63, 3.8) is 0 Å². The van der Waals surface area contributed by atoms with Crippen LogP contribution in [0.5, 0.6) is 0 Å². The predicted octanol–water partition coefficient (Wildman–Crippen LogP) is 5.38. The minimum Gasteiger partial charge on any atom is -0.335 e. The first-order valence-corrected chi connectivity index (χ1v) is 10.5. The Balaban J connectivity index is 1.53. The highest BCUT2D eigenvalue weighted by Crippen LogP contribution is 2.28. The number of nitrogens with one attached hydrogen (secondary N) is 1. The van der Waals surface area contributed by atoms with E-state index < -0.39 is 0 Å². The van der Waals surface area contributed by atoms with Crippen LogP contribution in [0, 0.1) is 0 Å². The molecule has 0 radical (unpaired) electrons. The molecule has 0 saturated carbocycles. The monoisotopic (exact) mass is 398 g/mol. The second kappa shape index (κ2) is 9.40. The first-order chi connectivity index (χ1) is 14.7. The number of amides is 2. The molecule has 152 valence electrons. The van der Waals surface area contributed by atoms with Crippen LogP contribution < -0.4 is 5.32 Å². The Morgan fingerprint density at radius 2 is 1.50 bits per heavy atom. The zero-order valence-corrected chi connectivity index (χ0v) is 17.0. The molecule has 0 unspecified atom stereocenters. The van der Waals surface area contributed by atoms with E-state index in [2.05, 4.69) is 5.32 Å². The average molecular weight is 399 g/mol. The van der Waals surface area contributed by atoms with Crippen LogP contribution in [0.4, 0.5) is 5.69 Å². The molecule has 1 atom stereocenters. The van der Waals surface area contributed by atoms with Crippen molar-refractivity contribution in [1.82, 2.24) is 4.90 Å². The van der Waals surface area contributed by atoms with Crippen molar-refractivity contribution in [1.29, 1.82) is 0 Å². The topological polar surface area (TPSA) is 49.4 Å². The third-order valence-electron chi connectivity index (χ3n) is 5.61. The molecule has 3 aromatic rings. The number of rotatable bonds is 5. The number of piperidine rings is 1. The van der Waals surface area contributed by atoms with Gasteiger partial charge in [0.1, 0.15) is 0 Å². The molecule has 0 bridgehead atoms. The van der Waals surface area contributed by atoms with E-state index in [0.29, 0.717) is 18.5 Å². The van der Waals surface area contributed by atoms with Crippen LogP contribution >= 0.6 is 0 Å².